The lowest BCUT2D eigenvalue weighted by molar-refractivity contribution is 0.151. The highest BCUT2D eigenvalue weighted by molar-refractivity contribution is 5.92. The van der Waals surface area contributed by atoms with E-state index in [2.05, 4.69) is 15.2 Å². The molecule has 0 atom stereocenters. The summed E-state index contributed by atoms with van der Waals surface area (Å²) in [4.78, 5) is 3.84. The van der Waals surface area contributed by atoms with Crippen LogP contribution in [0.4, 0.5) is 14.6 Å². The molecule has 0 saturated carbocycles. The SMILES string of the molecule is Nc1n[nH]c2ccc(-c3cncc(C(F)F)c3)cc12. The molecule has 3 N–H and O–H groups in total. The van der Waals surface area contributed by atoms with E-state index in [1.54, 1.807) is 12.3 Å². The molecule has 2 aromatic heterocycles. The average molecular weight is 260 g/mol. The van der Waals surface area contributed by atoms with Crippen LogP contribution >= 0.6 is 0 Å². The largest absolute Gasteiger partial charge is 0.382 e. The van der Waals surface area contributed by atoms with E-state index in [4.69, 9.17) is 5.73 Å². The average Bonchev–Trinajstić information content (AvgIpc) is 2.80. The summed E-state index contributed by atoms with van der Waals surface area (Å²) >= 11 is 0. The van der Waals surface area contributed by atoms with Crippen molar-refractivity contribution in [3.05, 3.63) is 42.2 Å². The Labute approximate surface area is 107 Å². The van der Waals surface area contributed by atoms with E-state index in [0.717, 1.165) is 16.5 Å². The van der Waals surface area contributed by atoms with Gasteiger partial charge in [-0.3, -0.25) is 10.1 Å². The Hall–Kier alpha value is -2.50. The highest BCUT2D eigenvalue weighted by Gasteiger charge is 2.10. The van der Waals surface area contributed by atoms with Crippen LogP contribution < -0.4 is 5.73 Å². The molecule has 3 rings (SSSR count). The molecule has 2 heterocycles. The number of nitrogens with zero attached hydrogens (tertiary/aromatic N) is 2. The van der Waals surface area contributed by atoms with Crippen molar-refractivity contribution in [3.63, 3.8) is 0 Å². The molecular weight excluding hydrogens is 250 g/mol. The molecule has 0 radical (unpaired) electrons. The van der Waals surface area contributed by atoms with Crippen LogP contribution in [0.5, 0.6) is 0 Å². The molecule has 0 aliphatic heterocycles. The van der Waals surface area contributed by atoms with E-state index in [-0.39, 0.29) is 5.56 Å². The quantitative estimate of drug-likeness (QED) is 0.743. The zero-order valence-corrected chi connectivity index (χ0v) is 9.77. The van der Waals surface area contributed by atoms with Crippen LogP contribution in [0.2, 0.25) is 0 Å². The fraction of sp³-hybridized carbons (Fsp3) is 0.0769. The number of aromatic amines is 1. The molecule has 4 nitrogen and oxygen atoms in total. The maximum absolute atomic E-state index is 12.7. The van der Waals surface area contributed by atoms with Gasteiger partial charge in [-0.15, -0.1) is 0 Å². The summed E-state index contributed by atoms with van der Waals surface area (Å²) < 4.78 is 25.3. The van der Waals surface area contributed by atoms with Crippen molar-refractivity contribution in [2.24, 2.45) is 0 Å². The number of nitrogens with one attached hydrogen (secondary N) is 1. The van der Waals surface area contributed by atoms with E-state index in [9.17, 15) is 8.78 Å². The third-order valence-electron chi connectivity index (χ3n) is 2.94. The van der Waals surface area contributed by atoms with Crippen molar-refractivity contribution in [2.45, 2.75) is 6.43 Å². The summed E-state index contributed by atoms with van der Waals surface area (Å²) in [5, 5.41) is 7.44. The minimum atomic E-state index is -2.53. The second-order valence-electron chi connectivity index (χ2n) is 4.18. The van der Waals surface area contributed by atoms with Gasteiger partial charge in [0, 0.05) is 28.9 Å². The van der Waals surface area contributed by atoms with E-state index in [1.165, 1.54) is 12.3 Å². The molecule has 19 heavy (non-hydrogen) atoms. The van der Waals surface area contributed by atoms with E-state index >= 15 is 0 Å². The van der Waals surface area contributed by atoms with Crippen molar-refractivity contribution >= 4 is 16.7 Å². The number of H-pyrrole nitrogens is 1. The Morgan fingerprint density at radius 2 is 1.95 bits per heavy atom. The van der Waals surface area contributed by atoms with Gasteiger partial charge in [0.1, 0.15) is 0 Å². The van der Waals surface area contributed by atoms with Gasteiger partial charge in [-0.1, -0.05) is 6.07 Å². The van der Waals surface area contributed by atoms with Crippen LogP contribution in [0, 0.1) is 0 Å². The lowest BCUT2D eigenvalue weighted by Crippen LogP contribution is -1.88. The number of aromatic nitrogens is 3. The maximum Gasteiger partial charge on any atom is 0.265 e. The smallest absolute Gasteiger partial charge is 0.265 e. The molecule has 6 heteroatoms. The van der Waals surface area contributed by atoms with Crippen LogP contribution in [0.3, 0.4) is 0 Å². The van der Waals surface area contributed by atoms with E-state index < -0.39 is 6.43 Å². The second kappa shape index (κ2) is 4.31. The molecule has 0 bridgehead atoms. The zero-order chi connectivity index (χ0) is 13.4. The minimum Gasteiger partial charge on any atom is -0.382 e. The van der Waals surface area contributed by atoms with Gasteiger partial charge < -0.3 is 5.73 Å². The number of benzene rings is 1. The number of hydrogen-bond donors (Lipinski definition) is 2. The molecule has 96 valence electrons. The standard InChI is InChI=1S/C13H10F2N4/c14-12(15)9-3-8(5-17-6-9)7-1-2-11-10(4-7)13(16)19-18-11/h1-6,12H,(H3,16,18,19). The van der Waals surface area contributed by atoms with Crippen LogP contribution in [0.1, 0.15) is 12.0 Å². The van der Waals surface area contributed by atoms with Gasteiger partial charge in [-0.25, -0.2) is 8.78 Å². The third kappa shape index (κ3) is 2.01. The number of nitrogen functional groups attached to an aromatic ring is 1. The van der Waals surface area contributed by atoms with Gasteiger partial charge >= 0.3 is 0 Å². The first-order chi connectivity index (χ1) is 9.15. The Kier molecular flexibility index (Phi) is 2.63. The van der Waals surface area contributed by atoms with Gasteiger partial charge in [0.25, 0.3) is 6.43 Å². The van der Waals surface area contributed by atoms with Crippen molar-refractivity contribution < 1.29 is 8.78 Å². The summed E-state index contributed by atoms with van der Waals surface area (Å²) in [6.07, 6.45) is 0.178. The number of nitrogens with two attached hydrogens (primary N) is 1. The molecule has 0 aliphatic carbocycles. The molecule has 0 aliphatic rings. The Bertz CT molecular complexity index is 736. The zero-order valence-electron chi connectivity index (χ0n) is 9.77. The number of pyridine rings is 1. The Morgan fingerprint density at radius 1 is 1.11 bits per heavy atom. The molecule has 3 aromatic rings. The molecule has 0 fully saturated rings. The lowest BCUT2D eigenvalue weighted by Gasteiger charge is -2.04. The Morgan fingerprint density at radius 3 is 2.74 bits per heavy atom. The van der Waals surface area contributed by atoms with E-state index in [0.29, 0.717) is 11.4 Å². The Balaban J connectivity index is 2.13. The van der Waals surface area contributed by atoms with Crippen LogP contribution in [0.15, 0.2) is 36.7 Å². The summed E-state index contributed by atoms with van der Waals surface area (Å²) in [7, 11) is 0. The van der Waals surface area contributed by atoms with Crippen molar-refractivity contribution in [3.8, 4) is 11.1 Å². The van der Waals surface area contributed by atoms with Crippen LogP contribution in [0.25, 0.3) is 22.0 Å². The number of rotatable bonds is 2. The number of alkyl halides is 2. The molecule has 1 aromatic carbocycles. The van der Waals surface area contributed by atoms with Crippen molar-refractivity contribution in [2.75, 3.05) is 5.73 Å². The first-order valence-electron chi connectivity index (χ1n) is 5.62. The predicted octanol–water partition coefficient (Wildman–Crippen LogP) is 3.14. The van der Waals surface area contributed by atoms with Gasteiger partial charge in [-0.2, -0.15) is 5.10 Å². The minimum absolute atomic E-state index is 0.0993. The number of halogens is 2. The summed E-state index contributed by atoms with van der Waals surface area (Å²) in [5.41, 5.74) is 7.83. The molecule has 0 spiro atoms. The van der Waals surface area contributed by atoms with Gasteiger partial charge in [0.2, 0.25) is 0 Å². The topological polar surface area (TPSA) is 67.6 Å². The normalized spacial score (nSPS) is 11.3. The second-order valence-corrected chi connectivity index (χ2v) is 4.18. The van der Waals surface area contributed by atoms with E-state index in [1.807, 2.05) is 12.1 Å². The summed E-state index contributed by atoms with van der Waals surface area (Å²) in [6.45, 7) is 0. The number of hydrogen-bond acceptors (Lipinski definition) is 3. The first-order valence-corrected chi connectivity index (χ1v) is 5.62. The molecule has 0 unspecified atom stereocenters. The lowest BCUT2D eigenvalue weighted by atomic mass is 10.0. The van der Waals surface area contributed by atoms with Crippen molar-refractivity contribution in [1.82, 2.24) is 15.2 Å². The summed E-state index contributed by atoms with van der Waals surface area (Å²) in [6, 6.07) is 6.85. The highest BCUT2D eigenvalue weighted by Crippen LogP contribution is 2.28. The summed E-state index contributed by atoms with van der Waals surface area (Å²) in [5.74, 6) is 0.384. The molecular formula is C13H10F2N4. The fourth-order valence-corrected chi connectivity index (χ4v) is 1.95. The molecule has 0 amide bonds. The predicted molar refractivity (Wildman–Crippen MR) is 68.7 cm³/mol. The third-order valence-corrected chi connectivity index (χ3v) is 2.94. The fourth-order valence-electron chi connectivity index (χ4n) is 1.95. The van der Waals surface area contributed by atoms with Gasteiger partial charge in [-0.05, 0) is 23.8 Å². The number of fused-ring (bicyclic) bond motifs is 1. The van der Waals surface area contributed by atoms with Crippen molar-refractivity contribution in [1.29, 1.82) is 0 Å². The van der Waals surface area contributed by atoms with Gasteiger partial charge in [0.15, 0.2) is 5.82 Å². The monoisotopic (exact) mass is 260 g/mol. The highest BCUT2D eigenvalue weighted by atomic mass is 19.3. The van der Waals surface area contributed by atoms with Crippen LogP contribution in [-0.4, -0.2) is 15.2 Å². The first kappa shape index (κ1) is 11.6. The van der Waals surface area contributed by atoms with Gasteiger partial charge in [0.05, 0.1) is 5.52 Å². The maximum atomic E-state index is 12.7. The number of anilines is 1. The van der Waals surface area contributed by atoms with Crippen LogP contribution in [-0.2, 0) is 0 Å². The molecule has 0 saturated heterocycles.